The smallest absolute Gasteiger partial charge is 0.0771 e. The molecule has 0 atom stereocenters. The van der Waals surface area contributed by atoms with Crippen LogP contribution >= 0.6 is 0 Å². The molecule has 0 aliphatic heterocycles. The molecule has 0 unspecified atom stereocenters. The molecule has 2 fully saturated rings. The van der Waals surface area contributed by atoms with Crippen molar-refractivity contribution in [1.29, 1.82) is 0 Å². The van der Waals surface area contributed by atoms with Crippen LogP contribution in [0.15, 0.2) is 0 Å². The summed E-state index contributed by atoms with van der Waals surface area (Å²) in [5.74, 6) is 0.873. The molecule has 0 radical (unpaired) electrons. The van der Waals surface area contributed by atoms with Gasteiger partial charge in [0.25, 0.3) is 0 Å². The molecule has 2 saturated carbocycles. The van der Waals surface area contributed by atoms with Crippen LogP contribution in [0.2, 0.25) is 0 Å². The minimum Gasteiger partial charge on any atom is -0.389 e. The largest absolute Gasteiger partial charge is 0.389 e. The SMILES string of the molecule is OC1(CNCC2CCCCC2)CCCCCC1. The number of rotatable bonds is 4. The number of nitrogens with one attached hydrogen (secondary N) is 1. The summed E-state index contributed by atoms with van der Waals surface area (Å²) in [7, 11) is 0. The van der Waals surface area contributed by atoms with Crippen molar-refractivity contribution in [3.63, 3.8) is 0 Å². The highest BCUT2D eigenvalue weighted by Crippen LogP contribution is 2.27. The molecule has 0 heterocycles. The van der Waals surface area contributed by atoms with Gasteiger partial charge in [0.1, 0.15) is 0 Å². The molecule has 2 aliphatic carbocycles. The molecule has 0 aromatic heterocycles. The molecular formula is C15H29NO. The summed E-state index contributed by atoms with van der Waals surface area (Å²) in [5, 5.41) is 14.1. The molecule has 17 heavy (non-hydrogen) atoms. The summed E-state index contributed by atoms with van der Waals surface area (Å²) in [6, 6.07) is 0. The highest BCUT2D eigenvalue weighted by Gasteiger charge is 2.27. The summed E-state index contributed by atoms with van der Waals surface area (Å²) >= 11 is 0. The highest BCUT2D eigenvalue weighted by molar-refractivity contribution is 4.83. The Balaban J connectivity index is 1.65. The first-order valence-corrected chi connectivity index (χ1v) is 7.72. The lowest BCUT2D eigenvalue weighted by atomic mass is 9.88. The highest BCUT2D eigenvalue weighted by atomic mass is 16.3. The molecular weight excluding hydrogens is 210 g/mol. The second-order valence-electron chi connectivity index (χ2n) is 6.27. The van der Waals surface area contributed by atoms with Crippen molar-refractivity contribution in [3.8, 4) is 0 Å². The van der Waals surface area contributed by atoms with Crippen LogP contribution in [-0.4, -0.2) is 23.8 Å². The Morgan fingerprint density at radius 3 is 2.12 bits per heavy atom. The van der Waals surface area contributed by atoms with Gasteiger partial charge in [0.15, 0.2) is 0 Å². The van der Waals surface area contributed by atoms with Gasteiger partial charge in [-0.15, -0.1) is 0 Å². The van der Waals surface area contributed by atoms with E-state index in [1.54, 1.807) is 0 Å². The third kappa shape index (κ3) is 4.59. The van der Waals surface area contributed by atoms with Gasteiger partial charge >= 0.3 is 0 Å². The van der Waals surface area contributed by atoms with Gasteiger partial charge in [-0.3, -0.25) is 0 Å². The van der Waals surface area contributed by atoms with E-state index in [1.165, 1.54) is 57.8 Å². The van der Waals surface area contributed by atoms with Crippen LogP contribution < -0.4 is 5.32 Å². The van der Waals surface area contributed by atoms with Crippen molar-refractivity contribution >= 4 is 0 Å². The standard InChI is InChI=1S/C15H29NO/c17-15(10-6-1-2-7-11-15)13-16-12-14-8-4-3-5-9-14/h14,16-17H,1-13H2. The topological polar surface area (TPSA) is 32.3 Å². The molecule has 0 bridgehead atoms. The number of aliphatic hydroxyl groups is 1. The summed E-state index contributed by atoms with van der Waals surface area (Å²) in [4.78, 5) is 0. The van der Waals surface area contributed by atoms with E-state index in [9.17, 15) is 5.11 Å². The summed E-state index contributed by atoms with van der Waals surface area (Å²) in [6.45, 7) is 1.95. The van der Waals surface area contributed by atoms with Gasteiger partial charge < -0.3 is 10.4 Å². The number of hydrogen-bond acceptors (Lipinski definition) is 2. The van der Waals surface area contributed by atoms with E-state index in [0.717, 1.165) is 31.8 Å². The molecule has 0 aromatic carbocycles. The Hall–Kier alpha value is -0.0800. The first-order valence-electron chi connectivity index (χ1n) is 7.72. The Morgan fingerprint density at radius 2 is 1.47 bits per heavy atom. The lowest BCUT2D eigenvalue weighted by Gasteiger charge is -2.29. The monoisotopic (exact) mass is 239 g/mol. The maximum Gasteiger partial charge on any atom is 0.0771 e. The van der Waals surface area contributed by atoms with Crippen molar-refractivity contribution in [2.45, 2.75) is 76.2 Å². The molecule has 0 amide bonds. The predicted octanol–water partition coefficient (Wildman–Crippen LogP) is 3.24. The molecule has 2 aliphatic rings. The van der Waals surface area contributed by atoms with E-state index in [2.05, 4.69) is 5.32 Å². The van der Waals surface area contributed by atoms with Crippen molar-refractivity contribution in [2.75, 3.05) is 13.1 Å². The fourth-order valence-corrected chi connectivity index (χ4v) is 3.46. The Morgan fingerprint density at radius 1 is 0.882 bits per heavy atom. The molecule has 0 aromatic rings. The quantitative estimate of drug-likeness (QED) is 0.738. The molecule has 2 rings (SSSR count). The minimum absolute atomic E-state index is 0.398. The second kappa shape index (κ2) is 6.75. The summed E-state index contributed by atoms with van der Waals surface area (Å²) in [5.41, 5.74) is -0.398. The molecule has 0 spiro atoms. The summed E-state index contributed by atoms with van der Waals surface area (Å²) in [6.07, 6.45) is 14.1. The summed E-state index contributed by atoms with van der Waals surface area (Å²) < 4.78 is 0. The average Bonchev–Trinajstić information content (AvgIpc) is 2.56. The molecule has 2 N–H and O–H groups in total. The van der Waals surface area contributed by atoms with Crippen LogP contribution in [0.25, 0.3) is 0 Å². The Bertz CT molecular complexity index is 203. The van der Waals surface area contributed by atoms with Crippen molar-refractivity contribution in [3.05, 3.63) is 0 Å². The van der Waals surface area contributed by atoms with Crippen LogP contribution in [0.3, 0.4) is 0 Å². The van der Waals surface area contributed by atoms with Gasteiger partial charge in [0.2, 0.25) is 0 Å². The number of hydrogen-bond donors (Lipinski definition) is 2. The van der Waals surface area contributed by atoms with E-state index in [1.807, 2.05) is 0 Å². The fourth-order valence-electron chi connectivity index (χ4n) is 3.46. The maximum atomic E-state index is 10.5. The van der Waals surface area contributed by atoms with Crippen LogP contribution in [0, 0.1) is 5.92 Å². The van der Waals surface area contributed by atoms with E-state index in [-0.39, 0.29) is 0 Å². The first-order chi connectivity index (χ1) is 8.29. The third-order valence-electron chi connectivity index (χ3n) is 4.65. The molecule has 100 valence electrons. The molecule has 2 nitrogen and oxygen atoms in total. The van der Waals surface area contributed by atoms with E-state index in [0.29, 0.717) is 0 Å². The zero-order valence-electron chi connectivity index (χ0n) is 11.2. The van der Waals surface area contributed by atoms with Crippen LogP contribution in [0.4, 0.5) is 0 Å². The lowest BCUT2D eigenvalue weighted by Crippen LogP contribution is -2.41. The van der Waals surface area contributed by atoms with Crippen LogP contribution in [-0.2, 0) is 0 Å². The van der Waals surface area contributed by atoms with Crippen molar-refractivity contribution < 1.29 is 5.11 Å². The van der Waals surface area contributed by atoms with Gasteiger partial charge in [-0.05, 0) is 38.1 Å². The van der Waals surface area contributed by atoms with Gasteiger partial charge in [0, 0.05) is 6.54 Å². The Kier molecular flexibility index (Phi) is 5.30. The predicted molar refractivity (Wildman–Crippen MR) is 72.1 cm³/mol. The minimum atomic E-state index is -0.398. The van der Waals surface area contributed by atoms with Crippen molar-refractivity contribution in [1.82, 2.24) is 5.32 Å². The first kappa shape index (κ1) is 13.4. The molecule has 0 saturated heterocycles. The van der Waals surface area contributed by atoms with Crippen LogP contribution in [0.1, 0.15) is 70.6 Å². The fraction of sp³-hybridized carbons (Fsp3) is 1.00. The van der Waals surface area contributed by atoms with Crippen LogP contribution in [0.5, 0.6) is 0 Å². The van der Waals surface area contributed by atoms with Crippen molar-refractivity contribution in [2.24, 2.45) is 5.92 Å². The molecule has 2 heteroatoms. The Labute approximate surface area is 106 Å². The zero-order chi connectivity index (χ0) is 12.0. The van der Waals surface area contributed by atoms with Gasteiger partial charge in [0.05, 0.1) is 5.60 Å². The van der Waals surface area contributed by atoms with Gasteiger partial charge in [-0.1, -0.05) is 44.9 Å². The normalized spacial score (nSPS) is 26.6. The zero-order valence-corrected chi connectivity index (χ0v) is 11.2. The lowest BCUT2D eigenvalue weighted by molar-refractivity contribution is 0.0242. The second-order valence-corrected chi connectivity index (χ2v) is 6.27. The third-order valence-corrected chi connectivity index (χ3v) is 4.65. The van der Waals surface area contributed by atoms with E-state index in [4.69, 9.17) is 0 Å². The van der Waals surface area contributed by atoms with Gasteiger partial charge in [-0.2, -0.15) is 0 Å². The van der Waals surface area contributed by atoms with E-state index < -0.39 is 5.60 Å². The maximum absolute atomic E-state index is 10.5. The van der Waals surface area contributed by atoms with E-state index >= 15 is 0 Å². The average molecular weight is 239 g/mol. The van der Waals surface area contributed by atoms with Gasteiger partial charge in [-0.25, -0.2) is 0 Å².